The summed E-state index contributed by atoms with van der Waals surface area (Å²) in [5.41, 5.74) is -2.77. The third-order valence-electron chi connectivity index (χ3n) is 6.39. The van der Waals surface area contributed by atoms with Crippen molar-refractivity contribution in [3.05, 3.63) is 0 Å². The van der Waals surface area contributed by atoms with Crippen molar-refractivity contribution in [2.75, 3.05) is 0 Å². The maximum absolute atomic E-state index is 12.5. The van der Waals surface area contributed by atoms with Crippen LogP contribution in [0.5, 0.6) is 0 Å². The zero-order valence-corrected chi connectivity index (χ0v) is 21.4. The molecule has 3 N–H and O–H groups in total. The second-order valence-electron chi connectivity index (χ2n) is 9.48. The molecule has 6 heteroatoms. The molecule has 0 aromatic carbocycles. The zero-order valence-electron chi connectivity index (χ0n) is 21.4. The van der Waals surface area contributed by atoms with Crippen molar-refractivity contribution >= 4 is 17.3 Å². The number of hydrogen-bond donors (Lipinski definition) is 3. The number of hydrogen-bond acceptors (Lipinski definition) is 6. The average molecular weight is 471 g/mol. The zero-order chi connectivity index (χ0) is 25.1. The molecule has 0 radical (unpaired) electrons. The number of rotatable bonds is 23. The second kappa shape index (κ2) is 19.2. The van der Waals surface area contributed by atoms with E-state index in [2.05, 4.69) is 6.92 Å². The van der Waals surface area contributed by atoms with Crippen LogP contribution in [-0.2, 0) is 14.4 Å². The molecule has 0 aliphatic heterocycles. The highest BCUT2D eigenvalue weighted by atomic mass is 16.4. The van der Waals surface area contributed by atoms with E-state index >= 15 is 0 Å². The molecule has 0 saturated heterocycles. The summed E-state index contributed by atoms with van der Waals surface area (Å²) < 4.78 is 0. The summed E-state index contributed by atoms with van der Waals surface area (Å²) in [4.78, 5) is 37.1. The lowest BCUT2D eigenvalue weighted by Gasteiger charge is -2.34. The Bertz CT molecular complexity index is 547. The number of unbranched alkanes of at least 4 members (excludes halogenated alkanes) is 12. The molecule has 33 heavy (non-hydrogen) atoms. The van der Waals surface area contributed by atoms with Crippen LogP contribution in [0.4, 0.5) is 0 Å². The number of carbonyl (C=O) groups excluding carboxylic acids is 3. The van der Waals surface area contributed by atoms with Gasteiger partial charge in [0.15, 0.2) is 35.2 Å². The number of Topliss-reactive ketones (excluding diaryl/α,β-unsaturated/α-hetero) is 3. The van der Waals surface area contributed by atoms with Crippen LogP contribution in [0.15, 0.2) is 0 Å². The van der Waals surface area contributed by atoms with E-state index in [0.717, 1.165) is 19.3 Å². The van der Waals surface area contributed by atoms with Crippen LogP contribution in [0, 0.1) is 0 Å². The fraction of sp³-hybridized carbons (Fsp3) is 0.889. The van der Waals surface area contributed by atoms with Gasteiger partial charge in [-0.25, -0.2) is 0 Å². The maximum atomic E-state index is 12.5. The van der Waals surface area contributed by atoms with Crippen LogP contribution in [0.25, 0.3) is 0 Å². The van der Waals surface area contributed by atoms with Crippen molar-refractivity contribution in [2.45, 2.75) is 154 Å². The summed E-state index contributed by atoms with van der Waals surface area (Å²) in [7, 11) is 0. The Morgan fingerprint density at radius 3 is 1.30 bits per heavy atom. The number of carbonyl (C=O) groups is 3. The van der Waals surface area contributed by atoms with Gasteiger partial charge in [0, 0.05) is 19.3 Å². The van der Waals surface area contributed by atoms with E-state index < -0.39 is 35.2 Å². The SMILES string of the molecule is CCCCCCCCCCCCCCCC(=O)C(O)C(O)(C(=O)CCC)C(O)C(=O)CCC. The minimum absolute atomic E-state index is 0.00926. The Morgan fingerprint density at radius 1 is 0.545 bits per heavy atom. The van der Waals surface area contributed by atoms with Crippen molar-refractivity contribution in [3.8, 4) is 0 Å². The lowest BCUT2D eigenvalue weighted by molar-refractivity contribution is -0.181. The van der Waals surface area contributed by atoms with Crippen LogP contribution in [-0.4, -0.2) is 50.5 Å². The second-order valence-corrected chi connectivity index (χ2v) is 9.48. The fourth-order valence-electron chi connectivity index (χ4n) is 4.21. The summed E-state index contributed by atoms with van der Waals surface area (Å²) in [6.45, 7) is 5.67. The molecule has 194 valence electrons. The standard InChI is InChI=1S/C27H50O6/c1-4-7-8-9-10-11-12-13-14-15-16-17-18-21-23(29)26(32)27(33,24(30)20-6-3)25(31)22(28)19-5-2/h25-26,31-33H,4-21H2,1-3H3. The molecule has 0 aliphatic carbocycles. The molecule has 0 amide bonds. The van der Waals surface area contributed by atoms with Gasteiger partial charge in [0.2, 0.25) is 0 Å². The van der Waals surface area contributed by atoms with Crippen LogP contribution in [0.3, 0.4) is 0 Å². The molecule has 0 spiro atoms. The topological polar surface area (TPSA) is 112 Å². The van der Waals surface area contributed by atoms with E-state index in [1.165, 1.54) is 57.8 Å². The smallest absolute Gasteiger partial charge is 0.189 e. The molecular formula is C27H50O6. The third kappa shape index (κ3) is 12.2. The van der Waals surface area contributed by atoms with Gasteiger partial charge in [-0.2, -0.15) is 0 Å². The van der Waals surface area contributed by atoms with Crippen LogP contribution < -0.4 is 0 Å². The first-order valence-electron chi connectivity index (χ1n) is 13.4. The molecule has 0 heterocycles. The highest BCUT2D eigenvalue weighted by Gasteiger charge is 2.53. The van der Waals surface area contributed by atoms with Gasteiger partial charge in [-0.1, -0.05) is 97.8 Å². The van der Waals surface area contributed by atoms with Crippen LogP contribution in [0.1, 0.15) is 136 Å². The monoisotopic (exact) mass is 470 g/mol. The first kappa shape index (κ1) is 31.9. The minimum atomic E-state index is -2.77. The molecule has 3 unspecified atom stereocenters. The molecule has 0 aromatic heterocycles. The molecule has 3 atom stereocenters. The average Bonchev–Trinajstić information content (AvgIpc) is 2.80. The van der Waals surface area contributed by atoms with E-state index in [1.54, 1.807) is 13.8 Å². The number of aliphatic hydroxyl groups excluding tert-OH is 2. The summed E-state index contributed by atoms with van der Waals surface area (Å²) in [5, 5.41) is 31.6. The fourth-order valence-corrected chi connectivity index (χ4v) is 4.21. The Morgan fingerprint density at radius 2 is 0.909 bits per heavy atom. The van der Waals surface area contributed by atoms with Crippen molar-refractivity contribution in [2.24, 2.45) is 0 Å². The first-order chi connectivity index (χ1) is 15.8. The molecule has 0 saturated carbocycles. The predicted molar refractivity (Wildman–Crippen MR) is 132 cm³/mol. The van der Waals surface area contributed by atoms with Gasteiger partial charge >= 0.3 is 0 Å². The number of aliphatic hydroxyl groups is 3. The largest absolute Gasteiger partial charge is 0.382 e. The van der Waals surface area contributed by atoms with E-state index in [-0.39, 0.29) is 19.3 Å². The highest BCUT2D eigenvalue weighted by Crippen LogP contribution is 2.25. The third-order valence-corrected chi connectivity index (χ3v) is 6.39. The summed E-state index contributed by atoms with van der Waals surface area (Å²) in [5.74, 6) is -2.31. The first-order valence-corrected chi connectivity index (χ1v) is 13.4. The Kier molecular flexibility index (Phi) is 18.6. The molecule has 0 rings (SSSR count). The van der Waals surface area contributed by atoms with Crippen molar-refractivity contribution in [1.82, 2.24) is 0 Å². The molecule has 0 aliphatic rings. The van der Waals surface area contributed by atoms with Crippen molar-refractivity contribution in [1.29, 1.82) is 0 Å². The number of ketones is 3. The van der Waals surface area contributed by atoms with Gasteiger partial charge in [0.25, 0.3) is 0 Å². The molecule has 0 fully saturated rings. The Hall–Kier alpha value is -1.11. The minimum Gasteiger partial charge on any atom is -0.382 e. The molecule has 0 bridgehead atoms. The Labute approximate surface area is 201 Å². The van der Waals surface area contributed by atoms with Crippen molar-refractivity contribution in [3.63, 3.8) is 0 Å². The summed E-state index contributed by atoms with van der Waals surface area (Å²) in [6.07, 6.45) is 11.6. The van der Waals surface area contributed by atoms with E-state index in [4.69, 9.17) is 0 Å². The van der Waals surface area contributed by atoms with Gasteiger partial charge in [-0.3, -0.25) is 14.4 Å². The quantitative estimate of drug-likeness (QED) is 0.176. The lowest BCUT2D eigenvalue weighted by atomic mass is 9.79. The highest BCUT2D eigenvalue weighted by molar-refractivity contribution is 6.01. The van der Waals surface area contributed by atoms with Crippen molar-refractivity contribution < 1.29 is 29.7 Å². The Balaban J connectivity index is 4.34. The van der Waals surface area contributed by atoms with Crippen LogP contribution >= 0.6 is 0 Å². The van der Waals surface area contributed by atoms with E-state index in [1.807, 2.05) is 0 Å². The maximum Gasteiger partial charge on any atom is 0.189 e. The van der Waals surface area contributed by atoms with Gasteiger partial charge in [0.05, 0.1) is 0 Å². The van der Waals surface area contributed by atoms with Gasteiger partial charge in [0.1, 0.15) is 0 Å². The molecule has 0 aromatic rings. The van der Waals surface area contributed by atoms with E-state index in [9.17, 15) is 29.7 Å². The molecule has 6 nitrogen and oxygen atoms in total. The summed E-state index contributed by atoms with van der Waals surface area (Å²) >= 11 is 0. The van der Waals surface area contributed by atoms with Gasteiger partial charge < -0.3 is 15.3 Å². The van der Waals surface area contributed by atoms with Gasteiger partial charge in [-0.15, -0.1) is 0 Å². The molecular weight excluding hydrogens is 420 g/mol. The van der Waals surface area contributed by atoms with Gasteiger partial charge in [-0.05, 0) is 19.3 Å². The lowest BCUT2D eigenvalue weighted by Crippen LogP contribution is -2.63. The predicted octanol–water partition coefficient (Wildman–Crippen LogP) is 5.23. The summed E-state index contributed by atoms with van der Waals surface area (Å²) in [6, 6.07) is 0. The van der Waals surface area contributed by atoms with E-state index in [0.29, 0.717) is 19.3 Å². The van der Waals surface area contributed by atoms with Crippen LogP contribution in [0.2, 0.25) is 0 Å². The normalized spacial score (nSPS) is 15.1.